The van der Waals surface area contributed by atoms with E-state index in [4.69, 9.17) is 0 Å². The summed E-state index contributed by atoms with van der Waals surface area (Å²) in [6, 6.07) is 0. The van der Waals surface area contributed by atoms with Gasteiger partial charge in [-0.25, -0.2) is 0 Å². The first-order valence-electron chi connectivity index (χ1n) is 9.47. The van der Waals surface area contributed by atoms with Crippen LogP contribution in [0.15, 0.2) is 11.6 Å². The first-order valence-corrected chi connectivity index (χ1v) is 10.6. The molecule has 0 heterocycles. The van der Waals surface area contributed by atoms with Crippen molar-refractivity contribution in [2.24, 2.45) is 34.5 Å². The lowest BCUT2D eigenvalue weighted by atomic mass is 9.48. The average molecular weight is 379 g/mol. The second kappa shape index (κ2) is 4.52. The highest BCUT2D eigenvalue weighted by Crippen LogP contribution is 2.84. The fourth-order valence-corrected chi connectivity index (χ4v) is 8.65. The molecule has 0 saturated heterocycles. The quantitative estimate of drug-likeness (QED) is 0.692. The molecule has 5 aliphatic carbocycles. The van der Waals surface area contributed by atoms with Gasteiger partial charge >= 0.3 is 0 Å². The summed E-state index contributed by atoms with van der Waals surface area (Å²) in [4.78, 5) is 11.8. The minimum atomic E-state index is -0.500. The number of halogens is 1. The number of allylic oxidation sites excluding steroid dienone is 1. The van der Waals surface area contributed by atoms with E-state index in [9.17, 15) is 9.90 Å². The third kappa shape index (κ3) is 1.62. The smallest absolute Gasteiger partial charge is 0.155 e. The molecule has 1 spiro atoms. The lowest BCUT2D eigenvalue weighted by Crippen LogP contribution is -2.56. The number of ketones is 1. The van der Waals surface area contributed by atoms with Crippen LogP contribution < -0.4 is 0 Å². The van der Waals surface area contributed by atoms with Gasteiger partial charge in [-0.15, -0.1) is 0 Å². The van der Waals surface area contributed by atoms with Crippen LogP contribution in [0.1, 0.15) is 58.3 Å². The first kappa shape index (κ1) is 15.1. The van der Waals surface area contributed by atoms with Crippen molar-refractivity contribution in [2.75, 3.05) is 5.33 Å². The van der Waals surface area contributed by atoms with E-state index in [0.29, 0.717) is 17.1 Å². The highest BCUT2D eigenvalue weighted by Gasteiger charge is 2.80. The lowest BCUT2D eigenvalue weighted by molar-refractivity contribution is -0.132. The van der Waals surface area contributed by atoms with Crippen molar-refractivity contribution in [3.8, 4) is 0 Å². The Balaban J connectivity index is 1.53. The summed E-state index contributed by atoms with van der Waals surface area (Å²) >= 11 is 3.63. The number of carbonyl (C=O) groups is 1. The highest BCUT2D eigenvalue weighted by atomic mass is 79.9. The first-order chi connectivity index (χ1) is 11.0. The molecule has 7 atom stereocenters. The van der Waals surface area contributed by atoms with Gasteiger partial charge < -0.3 is 5.11 Å². The van der Waals surface area contributed by atoms with Crippen LogP contribution in [0.3, 0.4) is 0 Å². The Morgan fingerprint density at radius 2 is 2.09 bits per heavy atom. The third-order valence-electron chi connectivity index (χ3n) is 8.95. The van der Waals surface area contributed by atoms with Gasteiger partial charge in [0.05, 0.1) is 5.60 Å². The molecule has 4 unspecified atom stereocenters. The van der Waals surface area contributed by atoms with Crippen molar-refractivity contribution in [1.82, 2.24) is 0 Å². The van der Waals surface area contributed by atoms with Gasteiger partial charge in [-0.1, -0.05) is 28.4 Å². The van der Waals surface area contributed by atoms with Gasteiger partial charge in [0.2, 0.25) is 0 Å². The monoisotopic (exact) mass is 378 g/mol. The van der Waals surface area contributed by atoms with Gasteiger partial charge in [0.25, 0.3) is 0 Å². The van der Waals surface area contributed by atoms with Gasteiger partial charge in [0, 0.05) is 17.2 Å². The SMILES string of the molecule is C[C@]12CCC3C(CCC4=CC(=O)CC[C@@H]43)C13CC3C[C@@]2(O)CBr. The van der Waals surface area contributed by atoms with Gasteiger partial charge in [-0.05, 0) is 80.1 Å². The Hall–Kier alpha value is -0.150. The number of alkyl halides is 1. The molecule has 2 nitrogen and oxygen atoms in total. The van der Waals surface area contributed by atoms with Gasteiger partial charge in [0.1, 0.15) is 0 Å². The molecular formula is C20H27BrO2. The van der Waals surface area contributed by atoms with E-state index in [1.807, 2.05) is 6.08 Å². The maximum absolute atomic E-state index is 11.8. The third-order valence-corrected chi connectivity index (χ3v) is 9.88. The van der Waals surface area contributed by atoms with Crippen LogP contribution in [0, 0.1) is 34.5 Å². The molecule has 126 valence electrons. The molecule has 4 saturated carbocycles. The van der Waals surface area contributed by atoms with E-state index in [2.05, 4.69) is 22.9 Å². The molecule has 0 amide bonds. The Kier molecular flexibility index (Phi) is 2.97. The summed E-state index contributed by atoms with van der Waals surface area (Å²) in [6.07, 6.45) is 11.0. The predicted octanol–water partition coefficient (Wildman–Crippen LogP) is 4.25. The van der Waals surface area contributed by atoms with Crippen LogP contribution in [0.2, 0.25) is 0 Å². The Labute approximate surface area is 147 Å². The summed E-state index contributed by atoms with van der Waals surface area (Å²) in [5.74, 6) is 3.34. The summed E-state index contributed by atoms with van der Waals surface area (Å²) in [5.41, 5.74) is 1.47. The fourth-order valence-electron chi connectivity index (χ4n) is 7.81. The molecule has 4 fully saturated rings. The van der Waals surface area contributed by atoms with E-state index >= 15 is 0 Å². The number of carbonyl (C=O) groups excluding carboxylic acids is 1. The maximum Gasteiger partial charge on any atom is 0.155 e. The molecule has 0 aromatic rings. The minimum absolute atomic E-state index is 0.0983. The molecule has 0 radical (unpaired) electrons. The second-order valence-corrected chi connectivity index (χ2v) is 9.88. The van der Waals surface area contributed by atoms with Gasteiger partial charge in [-0.2, -0.15) is 0 Å². The molecule has 0 aliphatic heterocycles. The Bertz CT molecular complexity index is 613. The topological polar surface area (TPSA) is 37.3 Å². The zero-order chi connectivity index (χ0) is 16.0. The van der Waals surface area contributed by atoms with Crippen molar-refractivity contribution in [3.05, 3.63) is 11.6 Å². The second-order valence-electron chi connectivity index (χ2n) is 9.32. The number of hydrogen-bond acceptors (Lipinski definition) is 2. The van der Waals surface area contributed by atoms with Crippen LogP contribution >= 0.6 is 15.9 Å². The zero-order valence-electron chi connectivity index (χ0n) is 14.0. The van der Waals surface area contributed by atoms with Crippen molar-refractivity contribution >= 4 is 21.7 Å². The van der Waals surface area contributed by atoms with Crippen LogP contribution in [0.5, 0.6) is 0 Å². The molecule has 5 rings (SSSR count). The van der Waals surface area contributed by atoms with Gasteiger partial charge in [0.15, 0.2) is 5.78 Å². The lowest BCUT2D eigenvalue weighted by Gasteiger charge is -2.58. The van der Waals surface area contributed by atoms with Crippen LogP contribution in [-0.4, -0.2) is 21.8 Å². The molecule has 5 aliphatic rings. The number of aliphatic hydroxyl groups is 1. The molecule has 23 heavy (non-hydrogen) atoms. The van der Waals surface area contributed by atoms with Crippen molar-refractivity contribution in [2.45, 2.75) is 63.9 Å². The molecule has 1 N–H and O–H groups in total. The summed E-state index contributed by atoms with van der Waals surface area (Å²) < 4.78 is 0. The predicted molar refractivity (Wildman–Crippen MR) is 93.3 cm³/mol. The Morgan fingerprint density at radius 3 is 2.87 bits per heavy atom. The summed E-state index contributed by atoms with van der Waals surface area (Å²) in [5, 5.41) is 12.0. The van der Waals surface area contributed by atoms with E-state index in [1.165, 1.54) is 31.3 Å². The van der Waals surface area contributed by atoms with Crippen LogP contribution in [-0.2, 0) is 4.79 Å². The van der Waals surface area contributed by atoms with Crippen molar-refractivity contribution in [3.63, 3.8) is 0 Å². The Morgan fingerprint density at radius 1 is 1.26 bits per heavy atom. The van der Waals surface area contributed by atoms with Crippen molar-refractivity contribution < 1.29 is 9.90 Å². The molecular weight excluding hydrogens is 352 g/mol. The standard InChI is InChI=1S/C20H27BrO2/c1-18-7-6-16-15-4-3-14(22)8-12(15)2-5-17(16)20(18)10-13(20)9-19(18,23)11-21/h8,13,15-17,23H,2-7,9-11H2,1H3/t13?,15-,16?,17?,18+,19+,20?/m0/s1. The van der Waals surface area contributed by atoms with E-state index in [1.54, 1.807) is 0 Å². The molecule has 3 heteroatoms. The largest absolute Gasteiger partial charge is 0.388 e. The van der Waals surface area contributed by atoms with Gasteiger partial charge in [-0.3, -0.25) is 4.79 Å². The average Bonchev–Trinajstić information content (AvgIpc) is 3.20. The van der Waals surface area contributed by atoms with E-state index in [-0.39, 0.29) is 5.41 Å². The fraction of sp³-hybridized carbons (Fsp3) is 0.850. The van der Waals surface area contributed by atoms with Crippen LogP contribution in [0.4, 0.5) is 0 Å². The number of fused-ring (bicyclic) bond motifs is 3. The number of rotatable bonds is 1. The summed E-state index contributed by atoms with van der Waals surface area (Å²) in [6.45, 7) is 2.40. The molecule has 0 aromatic heterocycles. The molecule has 0 bridgehead atoms. The molecule has 0 aromatic carbocycles. The highest BCUT2D eigenvalue weighted by molar-refractivity contribution is 9.09. The maximum atomic E-state index is 11.8. The summed E-state index contributed by atoms with van der Waals surface area (Å²) in [7, 11) is 0. The number of hydrogen-bond donors (Lipinski definition) is 1. The van der Waals surface area contributed by atoms with E-state index in [0.717, 1.165) is 48.8 Å². The zero-order valence-corrected chi connectivity index (χ0v) is 15.6. The van der Waals surface area contributed by atoms with Crippen molar-refractivity contribution in [1.29, 1.82) is 0 Å². The normalized spacial score (nSPS) is 57.0. The minimum Gasteiger partial charge on any atom is -0.388 e. The van der Waals surface area contributed by atoms with Crippen LogP contribution in [0.25, 0.3) is 0 Å². The van der Waals surface area contributed by atoms with E-state index < -0.39 is 5.60 Å².